The van der Waals surface area contributed by atoms with Crippen molar-refractivity contribution in [3.63, 3.8) is 0 Å². The summed E-state index contributed by atoms with van der Waals surface area (Å²) in [5, 5.41) is 15.6. The molecule has 12 heteroatoms. The van der Waals surface area contributed by atoms with Crippen LogP contribution in [0.15, 0.2) is 0 Å². The van der Waals surface area contributed by atoms with Gasteiger partial charge in [-0.1, -0.05) is 0 Å². The van der Waals surface area contributed by atoms with Gasteiger partial charge in [0.2, 0.25) is 21.8 Å². The van der Waals surface area contributed by atoms with Gasteiger partial charge >= 0.3 is 0 Å². The SMILES string of the molecule is COCCNC(=O)CCCS(=O)(=O)NC(=O)CCCc1nnn[nH]1. The Bertz CT molecular complexity index is 603. The molecule has 136 valence electrons. The van der Waals surface area contributed by atoms with Gasteiger partial charge in [0.1, 0.15) is 5.82 Å². The van der Waals surface area contributed by atoms with Crippen LogP contribution in [-0.4, -0.2) is 66.9 Å². The topological polar surface area (TPSA) is 156 Å². The summed E-state index contributed by atoms with van der Waals surface area (Å²) in [5.74, 6) is -0.603. The number of hydrogen-bond donors (Lipinski definition) is 3. The molecule has 0 aliphatic rings. The first-order valence-electron chi connectivity index (χ1n) is 7.44. The Morgan fingerprint density at radius 1 is 1.21 bits per heavy atom. The smallest absolute Gasteiger partial charge is 0.234 e. The van der Waals surface area contributed by atoms with E-state index in [4.69, 9.17) is 4.74 Å². The van der Waals surface area contributed by atoms with Crippen molar-refractivity contribution in [2.45, 2.75) is 32.1 Å². The lowest BCUT2D eigenvalue weighted by molar-refractivity contribution is -0.121. The van der Waals surface area contributed by atoms with Gasteiger partial charge in [-0.05, 0) is 23.3 Å². The minimum Gasteiger partial charge on any atom is -0.383 e. The molecule has 11 nitrogen and oxygen atoms in total. The minimum absolute atomic E-state index is 0.0391. The molecule has 0 radical (unpaired) electrons. The number of hydrogen-bond acceptors (Lipinski definition) is 8. The number of H-pyrrole nitrogens is 1. The van der Waals surface area contributed by atoms with Crippen molar-refractivity contribution in [1.29, 1.82) is 0 Å². The Kier molecular flexibility index (Phi) is 8.86. The van der Waals surface area contributed by atoms with E-state index in [0.717, 1.165) is 0 Å². The highest BCUT2D eigenvalue weighted by molar-refractivity contribution is 7.90. The van der Waals surface area contributed by atoms with Gasteiger partial charge < -0.3 is 10.1 Å². The van der Waals surface area contributed by atoms with Crippen LogP contribution in [0.25, 0.3) is 0 Å². The van der Waals surface area contributed by atoms with Crippen LogP contribution in [0, 0.1) is 0 Å². The molecule has 3 N–H and O–H groups in total. The fraction of sp³-hybridized carbons (Fsp3) is 0.750. The molecular weight excluding hydrogens is 340 g/mol. The standard InChI is InChI=1S/C12H22N6O5S/c1-23-8-7-13-11(19)6-3-9-24(21,22)16-12(20)5-2-4-10-14-17-18-15-10/h2-9H2,1H3,(H,13,19)(H,16,20)(H,14,15,17,18). The number of sulfonamides is 1. The van der Waals surface area contributed by atoms with Gasteiger partial charge in [0.15, 0.2) is 0 Å². The third kappa shape index (κ3) is 9.15. The van der Waals surface area contributed by atoms with Crippen LogP contribution in [0.1, 0.15) is 31.5 Å². The van der Waals surface area contributed by atoms with E-state index in [0.29, 0.717) is 31.8 Å². The van der Waals surface area contributed by atoms with Crippen molar-refractivity contribution >= 4 is 21.8 Å². The molecule has 0 fully saturated rings. The highest BCUT2D eigenvalue weighted by atomic mass is 32.2. The third-order valence-electron chi connectivity index (χ3n) is 2.92. The molecule has 0 saturated heterocycles. The van der Waals surface area contributed by atoms with E-state index in [1.807, 2.05) is 4.72 Å². The second-order valence-corrected chi connectivity index (χ2v) is 6.83. The molecule has 0 atom stereocenters. The molecule has 0 aliphatic heterocycles. The number of nitrogens with one attached hydrogen (secondary N) is 3. The van der Waals surface area contributed by atoms with E-state index < -0.39 is 15.9 Å². The minimum atomic E-state index is -3.74. The Balaban J connectivity index is 2.17. The lowest BCUT2D eigenvalue weighted by Gasteiger charge is -2.07. The maximum atomic E-state index is 11.8. The zero-order valence-corrected chi connectivity index (χ0v) is 14.3. The van der Waals surface area contributed by atoms with Crippen molar-refractivity contribution in [3.8, 4) is 0 Å². The molecule has 1 aromatic rings. The number of aryl methyl sites for hydroxylation is 1. The van der Waals surface area contributed by atoms with Crippen LogP contribution in [0.2, 0.25) is 0 Å². The average molecular weight is 362 g/mol. The van der Waals surface area contributed by atoms with Gasteiger partial charge in [-0.3, -0.25) is 14.3 Å². The number of aromatic amines is 1. The molecule has 1 heterocycles. The second kappa shape index (κ2) is 10.6. The summed E-state index contributed by atoms with van der Waals surface area (Å²) in [7, 11) is -2.22. The van der Waals surface area contributed by atoms with Gasteiger partial charge in [-0.15, -0.1) is 5.10 Å². The van der Waals surface area contributed by atoms with Gasteiger partial charge in [-0.2, -0.15) is 0 Å². The number of carbonyl (C=O) groups is 2. The number of ether oxygens (including phenoxy) is 1. The van der Waals surface area contributed by atoms with Crippen molar-refractivity contribution < 1.29 is 22.7 Å². The summed E-state index contributed by atoms with van der Waals surface area (Å²) in [6.07, 6.45) is 1.10. The molecular formula is C12H22N6O5S. The molecule has 1 aromatic heterocycles. The van der Waals surface area contributed by atoms with E-state index in [9.17, 15) is 18.0 Å². The maximum absolute atomic E-state index is 11.8. The van der Waals surface area contributed by atoms with Crippen molar-refractivity contribution in [1.82, 2.24) is 30.7 Å². The fourth-order valence-corrected chi connectivity index (χ4v) is 2.86. The van der Waals surface area contributed by atoms with E-state index in [2.05, 4.69) is 25.9 Å². The van der Waals surface area contributed by atoms with Gasteiger partial charge in [0, 0.05) is 32.9 Å². The normalized spacial score (nSPS) is 11.2. The molecule has 24 heavy (non-hydrogen) atoms. The highest BCUT2D eigenvalue weighted by Crippen LogP contribution is 2.00. The number of methoxy groups -OCH3 is 1. The van der Waals surface area contributed by atoms with Gasteiger partial charge in [0.25, 0.3) is 0 Å². The number of carbonyl (C=O) groups excluding carboxylic acids is 2. The Morgan fingerprint density at radius 2 is 1.96 bits per heavy atom. The van der Waals surface area contributed by atoms with Gasteiger partial charge in [0.05, 0.1) is 12.4 Å². The van der Waals surface area contributed by atoms with Crippen LogP contribution in [0.4, 0.5) is 0 Å². The molecule has 1 rings (SSSR count). The predicted octanol–water partition coefficient (Wildman–Crippen LogP) is -1.49. The number of rotatable bonds is 12. The van der Waals surface area contributed by atoms with Crippen LogP contribution < -0.4 is 10.0 Å². The molecule has 0 spiro atoms. The number of aromatic nitrogens is 4. The van der Waals surface area contributed by atoms with E-state index in [1.54, 1.807) is 0 Å². The monoisotopic (exact) mass is 362 g/mol. The first kappa shape index (κ1) is 20.0. The summed E-state index contributed by atoms with van der Waals surface area (Å²) in [4.78, 5) is 23.0. The zero-order valence-electron chi connectivity index (χ0n) is 13.4. The summed E-state index contributed by atoms with van der Waals surface area (Å²) >= 11 is 0. The Labute approximate surface area is 140 Å². The Morgan fingerprint density at radius 3 is 2.62 bits per heavy atom. The first-order chi connectivity index (χ1) is 11.4. The molecule has 0 saturated carbocycles. The summed E-state index contributed by atoms with van der Waals surface area (Å²) in [6.45, 7) is 0.768. The van der Waals surface area contributed by atoms with Gasteiger partial charge in [-0.25, -0.2) is 13.5 Å². The molecule has 2 amide bonds. The molecule has 0 aromatic carbocycles. The summed E-state index contributed by atoms with van der Waals surface area (Å²) in [5.41, 5.74) is 0. The van der Waals surface area contributed by atoms with Crippen LogP contribution in [0.5, 0.6) is 0 Å². The number of tetrazole rings is 1. The lowest BCUT2D eigenvalue weighted by atomic mass is 10.2. The van der Waals surface area contributed by atoms with E-state index >= 15 is 0 Å². The van der Waals surface area contributed by atoms with Crippen LogP contribution in [-0.2, 0) is 30.8 Å². The largest absolute Gasteiger partial charge is 0.383 e. The highest BCUT2D eigenvalue weighted by Gasteiger charge is 2.15. The summed E-state index contributed by atoms with van der Waals surface area (Å²) < 4.78 is 30.3. The quantitative estimate of drug-likeness (QED) is 0.380. The third-order valence-corrected chi connectivity index (χ3v) is 4.29. The lowest BCUT2D eigenvalue weighted by Crippen LogP contribution is -2.33. The van der Waals surface area contributed by atoms with Crippen molar-refractivity contribution in [3.05, 3.63) is 5.82 Å². The number of nitrogens with zero attached hydrogens (tertiary/aromatic N) is 3. The van der Waals surface area contributed by atoms with E-state index in [1.165, 1.54) is 7.11 Å². The second-order valence-electron chi connectivity index (χ2n) is 4.99. The average Bonchev–Trinajstić information content (AvgIpc) is 3.00. The molecule has 0 aliphatic carbocycles. The first-order valence-corrected chi connectivity index (χ1v) is 9.09. The van der Waals surface area contributed by atoms with E-state index in [-0.39, 0.29) is 30.9 Å². The number of amides is 2. The fourth-order valence-electron chi connectivity index (χ4n) is 1.78. The van der Waals surface area contributed by atoms with Crippen molar-refractivity contribution in [2.75, 3.05) is 26.0 Å². The molecule has 0 unspecified atom stereocenters. The molecule has 0 bridgehead atoms. The maximum Gasteiger partial charge on any atom is 0.234 e. The summed E-state index contributed by atoms with van der Waals surface area (Å²) in [6, 6.07) is 0. The van der Waals surface area contributed by atoms with Crippen LogP contribution >= 0.6 is 0 Å². The van der Waals surface area contributed by atoms with Crippen molar-refractivity contribution in [2.24, 2.45) is 0 Å². The Hall–Kier alpha value is -2.08. The predicted molar refractivity (Wildman–Crippen MR) is 83.2 cm³/mol. The zero-order chi connectivity index (χ0) is 17.8. The van der Waals surface area contributed by atoms with Crippen LogP contribution in [0.3, 0.4) is 0 Å².